The van der Waals surface area contributed by atoms with Gasteiger partial charge in [-0.1, -0.05) is 13.2 Å². The lowest BCUT2D eigenvalue weighted by molar-refractivity contribution is -0.138. The molecular formula is C17H20N4O4. The van der Waals surface area contributed by atoms with Crippen molar-refractivity contribution in [1.82, 2.24) is 4.98 Å². The van der Waals surface area contributed by atoms with Gasteiger partial charge in [-0.3, -0.25) is 0 Å². The second-order valence-electron chi connectivity index (χ2n) is 4.76. The largest absolute Gasteiger partial charge is 0.461 e. The van der Waals surface area contributed by atoms with Gasteiger partial charge < -0.3 is 20.1 Å². The summed E-state index contributed by atoms with van der Waals surface area (Å²) in [5.74, 6) is -0.113. The van der Waals surface area contributed by atoms with Crippen molar-refractivity contribution in [2.45, 2.75) is 6.92 Å². The summed E-state index contributed by atoms with van der Waals surface area (Å²) in [4.78, 5) is 26.3. The normalized spacial score (nSPS) is 9.44. The van der Waals surface area contributed by atoms with E-state index in [1.807, 2.05) is 0 Å². The number of nitrogens with one attached hydrogen (secondary N) is 2. The van der Waals surface area contributed by atoms with Gasteiger partial charge in [0.1, 0.15) is 30.9 Å². The number of ether oxygens (including phenoxy) is 2. The average molecular weight is 344 g/mol. The van der Waals surface area contributed by atoms with E-state index >= 15 is 0 Å². The molecule has 0 fully saturated rings. The first-order valence-corrected chi connectivity index (χ1v) is 7.49. The number of esters is 2. The van der Waals surface area contributed by atoms with Crippen LogP contribution in [0.1, 0.15) is 11.1 Å². The first-order chi connectivity index (χ1) is 12.0. The molecule has 0 saturated carbocycles. The molecule has 0 bridgehead atoms. The molecule has 1 aromatic heterocycles. The van der Waals surface area contributed by atoms with Gasteiger partial charge in [0.05, 0.1) is 18.7 Å². The monoisotopic (exact) mass is 344 g/mol. The zero-order chi connectivity index (χ0) is 18.7. The van der Waals surface area contributed by atoms with E-state index in [1.165, 1.54) is 0 Å². The highest BCUT2D eigenvalue weighted by Crippen LogP contribution is 2.20. The first-order valence-electron chi connectivity index (χ1n) is 7.49. The Bertz CT molecular complexity index is 695. The first kappa shape index (κ1) is 19.7. The minimum Gasteiger partial charge on any atom is -0.461 e. The van der Waals surface area contributed by atoms with E-state index in [2.05, 4.69) is 34.8 Å². The number of carbonyl (C=O) groups is 2. The molecule has 0 unspecified atom stereocenters. The molecule has 0 spiro atoms. The zero-order valence-electron chi connectivity index (χ0n) is 14.0. The molecule has 0 aromatic carbocycles. The third-order valence-corrected chi connectivity index (χ3v) is 2.95. The van der Waals surface area contributed by atoms with E-state index in [1.54, 1.807) is 13.0 Å². The molecule has 0 saturated heterocycles. The van der Waals surface area contributed by atoms with Crippen molar-refractivity contribution in [2.24, 2.45) is 0 Å². The SMILES string of the molecule is C=CC(=O)OCCNc1cc(C)c(C#N)c(NCCOC(=O)C=C)n1. The maximum atomic E-state index is 11.0. The third-order valence-electron chi connectivity index (χ3n) is 2.95. The number of hydrogen-bond acceptors (Lipinski definition) is 8. The molecule has 8 heteroatoms. The Morgan fingerprint density at radius 1 is 1.20 bits per heavy atom. The minimum absolute atomic E-state index is 0.117. The number of pyridine rings is 1. The van der Waals surface area contributed by atoms with Gasteiger partial charge in [-0.05, 0) is 18.6 Å². The van der Waals surface area contributed by atoms with Crippen molar-refractivity contribution in [3.05, 3.63) is 42.5 Å². The van der Waals surface area contributed by atoms with Gasteiger partial charge in [0.25, 0.3) is 0 Å². The summed E-state index contributed by atoms with van der Waals surface area (Å²) in [6.07, 6.45) is 2.16. The number of nitriles is 1. The molecule has 0 aliphatic carbocycles. The van der Waals surface area contributed by atoms with Gasteiger partial charge in [0.15, 0.2) is 0 Å². The van der Waals surface area contributed by atoms with Gasteiger partial charge in [0.2, 0.25) is 0 Å². The number of carbonyl (C=O) groups excluding carboxylic acids is 2. The molecule has 0 radical (unpaired) electrons. The highest BCUT2D eigenvalue weighted by atomic mass is 16.5. The lowest BCUT2D eigenvalue weighted by atomic mass is 10.1. The van der Waals surface area contributed by atoms with Crippen molar-refractivity contribution < 1.29 is 19.1 Å². The van der Waals surface area contributed by atoms with E-state index in [0.29, 0.717) is 30.3 Å². The van der Waals surface area contributed by atoms with E-state index in [9.17, 15) is 14.9 Å². The summed E-state index contributed by atoms with van der Waals surface area (Å²) in [6.45, 7) is 9.32. The van der Waals surface area contributed by atoms with E-state index in [4.69, 9.17) is 9.47 Å². The molecular weight excluding hydrogens is 324 g/mol. The molecule has 0 atom stereocenters. The highest BCUT2D eigenvalue weighted by molar-refractivity contribution is 5.81. The molecule has 1 aromatic rings. The summed E-state index contributed by atoms with van der Waals surface area (Å²) in [5, 5.41) is 15.2. The summed E-state index contributed by atoms with van der Waals surface area (Å²) in [6, 6.07) is 3.80. The van der Waals surface area contributed by atoms with Crippen molar-refractivity contribution >= 4 is 23.6 Å². The van der Waals surface area contributed by atoms with Crippen molar-refractivity contribution in [3.8, 4) is 6.07 Å². The fourth-order valence-corrected chi connectivity index (χ4v) is 1.80. The predicted octanol–water partition coefficient (Wildman–Crippen LogP) is 1.54. The summed E-state index contributed by atoms with van der Waals surface area (Å²) < 4.78 is 9.72. The molecule has 0 aliphatic heterocycles. The Morgan fingerprint density at radius 2 is 1.76 bits per heavy atom. The number of aryl methyl sites for hydroxylation is 1. The number of aromatic nitrogens is 1. The summed E-state index contributed by atoms with van der Waals surface area (Å²) >= 11 is 0. The molecule has 1 rings (SSSR count). The molecule has 8 nitrogen and oxygen atoms in total. The quantitative estimate of drug-likeness (QED) is 0.373. The zero-order valence-corrected chi connectivity index (χ0v) is 14.0. The summed E-state index contributed by atoms with van der Waals surface area (Å²) in [5.41, 5.74) is 1.13. The number of nitrogens with zero attached hydrogens (tertiary/aromatic N) is 2. The Morgan fingerprint density at radius 3 is 2.28 bits per heavy atom. The number of anilines is 2. The Hall–Kier alpha value is -3.34. The number of hydrogen-bond donors (Lipinski definition) is 2. The van der Waals surface area contributed by atoms with Crippen LogP contribution in [0.5, 0.6) is 0 Å². The molecule has 0 aliphatic rings. The Kier molecular flexibility index (Phi) is 8.23. The average Bonchev–Trinajstić information content (AvgIpc) is 2.61. The van der Waals surface area contributed by atoms with Crippen LogP contribution in [-0.4, -0.2) is 43.2 Å². The minimum atomic E-state index is -0.518. The van der Waals surface area contributed by atoms with E-state index in [0.717, 1.165) is 17.7 Å². The molecule has 25 heavy (non-hydrogen) atoms. The fourth-order valence-electron chi connectivity index (χ4n) is 1.80. The maximum Gasteiger partial charge on any atom is 0.330 e. The van der Waals surface area contributed by atoms with Crippen LogP contribution < -0.4 is 10.6 Å². The Balaban J connectivity index is 2.66. The van der Waals surface area contributed by atoms with Gasteiger partial charge >= 0.3 is 11.9 Å². The lowest BCUT2D eigenvalue weighted by Gasteiger charge is -2.13. The topological polar surface area (TPSA) is 113 Å². The van der Waals surface area contributed by atoms with Crippen LogP contribution in [0.3, 0.4) is 0 Å². The van der Waals surface area contributed by atoms with Crippen molar-refractivity contribution in [2.75, 3.05) is 36.9 Å². The van der Waals surface area contributed by atoms with Crippen LogP contribution in [0.4, 0.5) is 11.6 Å². The summed E-state index contributed by atoms with van der Waals surface area (Å²) in [7, 11) is 0. The van der Waals surface area contributed by atoms with Crippen LogP contribution in [0, 0.1) is 18.3 Å². The van der Waals surface area contributed by atoms with Gasteiger partial charge in [-0.2, -0.15) is 5.26 Å². The van der Waals surface area contributed by atoms with Crippen LogP contribution >= 0.6 is 0 Å². The van der Waals surface area contributed by atoms with Crippen LogP contribution in [0.2, 0.25) is 0 Å². The second kappa shape index (κ2) is 10.4. The van der Waals surface area contributed by atoms with Gasteiger partial charge in [0, 0.05) is 12.2 Å². The molecule has 1 heterocycles. The van der Waals surface area contributed by atoms with Crippen LogP contribution in [-0.2, 0) is 19.1 Å². The van der Waals surface area contributed by atoms with Gasteiger partial charge in [-0.15, -0.1) is 0 Å². The lowest BCUT2D eigenvalue weighted by Crippen LogP contribution is -2.16. The predicted molar refractivity (Wildman–Crippen MR) is 93.0 cm³/mol. The van der Waals surface area contributed by atoms with E-state index in [-0.39, 0.29) is 13.2 Å². The standard InChI is InChI=1S/C17H20N4O4/c1-4-15(22)24-8-6-19-14-10-12(3)13(11-18)17(21-14)20-7-9-25-16(23)5-2/h4-5,10H,1-2,6-9H2,3H3,(H2,19,20,21). The maximum absolute atomic E-state index is 11.0. The van der Waals surface area contributed by atoms with Gasteiger partial charge in [-0.25, -0.2) is 14.6 Å². The van der Waals surface area contributed by atoms with Crippen molar-refractivity contribution in [1.29, 1.82) is 5.26 Å². The molecule has 0 amide bonds. The highest BCUT2D eigenvalue weighted by Gasteiger charge is 2.10. The Labute approximate surface area is 146 Å². The van der Waals surface area contributed by atoms with E-state index < -0.39 is 11.9 Å². The van der Waals surface area contributed by atoms with Crippen LogP contribution in [0.15, 0.2) is 31.4 Å². The molecule has 2 N–H and O–H groups in total. The molecule has 132 valence electrons. The third kappa shape index (κ3) is 6.74. The van der Waals surface area contributed by atoms with Crippen LogP contribution in [0.25, 0.3) is 0 Å². The smallest absolute Gasteiger partial charge is 0.330 e. The second-order valence-corrected chi connectivity index (χ2v) is 4.76. The fraction of sp³-hybridized carbons (Fsp3) is 0.294. The number of rotatable bonds is 10. The van der Waals surface area contributed by atoms with Crippen molar-refractivity contribution in [3.63, 3.8) is 0 Å².